The van der Waals surface area contributed by atoms with E-state index in [-0.39, 0.29) is 0 Å². The van der Waals surface area contributed by atoms with Crippen LogP contribution in [0.2, 0.25) is 0 Å². The smallest absolute Gasteiger partial charge is 0.163 e. The maximum absolute atomic E-state index is 5.16. The van der Waals surface area contributed by atoms with Crippen LogP contribution < -0.4 is 5.32 Å². The van der Waals surface area contributed by atoms with E-state index < -0.39 is 0 Å². The van der Waals surface area contributed by atoms with Crippen LogP contribution in [-0.2, 0) is 0 Å². The van der Waals surface area contributed by atoms with E-state index in [1.165, 1.54) is 24.9 Å². The van der Waals surface area contributed by atoms with Crippen LogP contribution in [0.3, 0.4) is 0 Å². The number of rotatable bonds is 5. The van der Waals surface area contributed by atoms with Gasteiger partial charge in [0.15, 0.2) is 5.65 Å². The Morgan fingerprint density at radius 3 is 2.00 bits per heavy atom. The summed E-state index contributed by atoms with van der Waals surface area (Å²) in [5.74, 6) is 0. The van der Waals surface area contributed by atoms with Gasteiger partial charge in [0, 0.05) is 34.6 Å². The molecule has 0 bridgehead atoms. The highest BCUT2D eigenvalue weighted by molar-refractivity contribution is 5.85. The Balaban J connectivity index is 1.49. The zero-order chi connectivity index (χ0) is 21.3. The van der Waals surface area contributed by atoms with E-state index >= 15 is 0 Å². The molecule has 0 spiro atoms. The van der Waals surface area contributed by atoms with Crippen molar-refractivity contribution in [3.63, 3.8) is 0 Å². The van der Waals surface area contributed by atoms with E-state index in [0.29, 0.717) is 6.04 Å². The Morgan fingerprint density at radius 1 is 0.719 bits per heavy atom. The van der Waals surface area contributed by atoms with E-state index in [9.17, 15) is 0 Å². The standard InChI is InChI=1S/C28H24N4/c1-3-8-20(9-4-1)25-18-29-32-19-26(21-10-5-2-6-11-21)27(31-28(25)32)22-14-16-24(17-15-22)30-23-12-7-13-23/h1-6,8-11,14-19,23,30H,7,12-13H2. The highest BCUT2D eigenvalue weighted by atomic mass is 15.2. The number of hydrogen-bond donors (Lipinski definition) is 1. The van der Waals surface area contributed by atoms with Crippen molar-refractivity contribution in [2.45, 2.75) is 25.3 Å². The third-order valence-electron chi connectivity index (χ3n) is 6.30. The average Bonchev–Trinajstić information content (AvgIpc) is 3.25. The van der Waals surface area contributed by atoms with Gasteiger partial charge in [-0.25, -0.2) is 9.50 Å². The van der Waals surface area contributed by atoms with Crippen molar-refractivity contribution < 1.29 is 0 Å². The molecule has 0 unspecified atom stereocenters. The van der Waals surface area contributed by atoms with Gasteiger partial charge < -0.3 is 5.32 Å². The molecular weight excluding hydrogens is 392 g/mol. The van der Waals surface area contributed by atoms with Crippen LogP contribution in [0.1, 0.15) is 19.3 Å². The number of nitrogens with zero attached hydrogens (tertiary/aromatic N) is 3. The van der Waals surface area contributed by atoms with Gasteiger partial charge in [-0.15, -0.1) is 0 Å². The summed E-state index contributed by atoms with van der Waals surface area (Å²) < 4.78 is 1.89. The van der Waals surface area contributed by atoms with Crippen LogP contribution >= 0.6 is 0 Å². The summed E-state index contributed by atoms with van der Waals surface area (Å²) in [6, 6.07) is 30.0. The quantitative estimate of drug-likeness (QED) is 0.347. The first-order valence-electron chi connectivity index (χ1n) is 11.2. The van der Waals surface area contributed by atoms with Crippen LogP contribution in [0.4, 0.5) is 5.69 Å². The first-order valence-corrected chi connectivity index (χ1v) is 11.2. The molecule has 0 atom stereocenters. The number of hydrogen-bond acceptors (Lipinski definition) is 3. The van der Waals surface area contributed by atoms with Gasteiger partial charge in [0.1, 0.15) is 0 Å². The highest BCUT2D eigenvalue weighted by Gasteiger charge is 2.18. The van der Waals surface area contributed by atoms with E-state index in [2.05, 4.69) is 77.3 Å². The number of anilines is 1. The van der Waals surface area contributed by atoms with Gasteiger partial charge in [0.05, 0.1) is 11.9 Å². The third-order valence-corrected chi connectivity index (χ3v) is 6.30. The number of nitrogens with one attached hydrogen (secondary N) is 1. The van der Waals surface area contributed by atoms with Crippen molar-refractivity contribution in [2.75, 3.05) is 5.32 Å². The minimum atomic E-state index is 0.621. The van der Waals surface area contributed by atoms with E-state index in [4.69, 9.17) is 4.98 Å². The first-order chi connectivity index (χ1) is 15.8. The number of benzene rings is 3. The normalized spacial score (nSPS) is 13.8. The molecule has 2 heterocycles. The van der Waals surface area contributed by atoms with Gasteiger partial charge in [0.25, 0.3) is 0 Å². The number of aromatic nitrogens is 3. The van der Waals surface area contributed by atoms with Crippen LogP contribution in [0.25, 0.3) is 39.2 Å². The SMILES string of the molecule is c1ccc(-c2cn3ncc(-c4ccccc4)c3nc2-c2ccc(NC3CCC3)cc2)cc1. The van der Waals surface area contributed by atoms with Crippen LogP contribution in [0.15, 0.2) is 97.3 Å². The summed E-state index contributed by atoms with van der Waals surface area (Å²) in [4.78, 5) is 5.16. The molecule has 1 saturated carbocycles. The fourth-order valence-corrected chi connectivity index (χ4v) is 4.29. The van der Waals surface area contributed by atoms with Crippen molar-refractivity contribution in [3.8, 4) is 33.5 Å². The second-order valence-electron chi connectivity index (χ2n) is 8.41. The Hall–Kier alpha value is -3.92. The van der Waals surface area contributed by atoms with Gasteiger partial charge in [0.2, 0.25) is 0 Å². The fraction of sp³-hybridized carbons (Fsp3) is 0.143. The molecule has 32 heavy (non-hydrogen) atoms. The second-order valence-corrected chi connectivity index (χ2v) is 8.41. The molecule has 3 aromatic carbocycles. The molecule has 0 radical (unpaired) electrons. The van der Waals surface area contributed by atoms with E-state index in [0.717, 1.165) is 39.2 Å². The third kappa shape index (κ3) is 3.44. The first kappa shape index (κ1) is 18.8. The molecule has 156 valence electrons. The topological polar surface area (TPSA) is 42.2 Å². The molecule has 4 nitrogen and oxygen atoms in total. The summed E-state index contributed by atoms with van der Waals surface area (Å²) in [7, 11) is 0. The summed E-state index contributed by atoms with van der Waals surface area (Å²) in [5.41, 5.74) is 8.47. The van der Waals surface area contributed by atoms with Gasteiger partial charge >= 0.3 is 0 Å². The lowest BCUT2D eigenvalue weighted by Gasteiger charge is -2.27. The molecule has 2 aromatic heterocycles. The minimum Gasteiger partial charge on any atom is -0.382 e. The molecule has 1 aliphatic carbocycles. The average molecular weight is 417 g/mol. The maximum Gasteiger partial charge on any atom is 0.163 e. The van der Waals surface area contributed by atoms with Crippen molar-refractivity contribution in [2.24, 2.45) is 0 Å². The van der Waals surface area contributed by atoms with E-state index in [1.54, 1.807) is 0 Å². The molecule has 0 aliphatic heterocycles. The minimum absolute atomic E-state index is 0.621. The monoisotopic (exact) mass is 416 g/mol. The zero-order valence-corrected chi connectivity index (χ0v) is 17.8. The van der Waals surface area contributed by atoms with Gasteiger partial charge in [-0.05, 0) is 42.5 Å². The predicted octanol–water partition coefficient (Wildman–Crippen LogP) is 6.69. The lowest BCUT2D eigenvalue weighted by molar-refractivity contribution is 0.445. The molecule has 5 aromatic rings. The summed E-state index contributed by atoms with van der Waals surface area (Å²) in [6.07, 6.45) is 7.86. The molecular formula is C28H24N4. The molecule has 0 saturated heterocycles. The Kier molecular flexibility index (Phi) is 4.69. The molecule has 1 N–H and O–H groups in total. The van der Waals surface area contributed by atoms with Crippen LogP contribution in [0, 0.1) is 0 Å². The maximum atomic E-state index is 5.16. The van der Waals surface area contributed by atoms with Crippen molar-refractivity contribution in [3.05, 3.63) is 97.3 Å². The Morgan fingerprint density at radius 2 is 1.38 bits per heavy atom. The van der Waals surface area contributed by atoms with Crippen molar-refractivity contribution in [1.29, 1.82) is 0 Å². The summed E-state index contributed by atoms with van der Waals surface area (Å²) >= 11 is 0. The summed E-state index contributed by atoms with van der Waals surface area (Å²) in [6.45, 7) is 0. The van der Waals surface area contributed by atoms with Gasteiger partial charge in [-0.1, -0.05) is 72.8 Å². The fourth-order valence-electron chi connectivity index (χ4n) is 4.29. The molecule has 1 fully saturated rings. The lowest BCUT2D eigenvalue weighted by Crippen LogP contribution is -2.26. The van der Waals surface area contributed by atoms with Crippen LogP contribution in [0.5, 0.6) is 0 Å². The molecule has 6 rings (SSSR count). The zero-order valence-electron chi connectivity index (χ0n) is 17.8. The predicted molar refractivity (Wildman–Crippen MR) is 131 cm³/mol. The van der Waals surface area contributed by atoms with Gasteiger partial charge in [-0.3, -0.25) is 0 Å². The second kappa shape index (κ2) is 7.97. The Bertz CT molecular complexity index is 1350. The Labute approximate surface area is 187 Å². The number of fused-ring (bicyclic) bond motifs is 1. The molecule has 1 aliphatic rings. The largest absolute Gasteiger partial charge is 0.382 e. The highest BCUT2D eigenvalue weighted by Crippen LogP contribution is 2.34. The van der Waals surface area contributed by atoms with Crippen molar-refractivity contribution in [1.82, 2.24) is 14.6 Å². The van der Waals surface area contributed by atoms with Gasteiger partial charge in [-0.2, -0.15) is 5.10 Å². The van der Waals surface area contributed by atoms with E-state index in [1.807, 2.05) is 35.0 Å². The summed E-state index contributed by atoms with van der Waals surface area (Å²) in [5, 5.41) is 8.25. The van der Waals surface area contributed by atoms with Crippen LogP contribution in [-0.4, -0.2) is 20.6 Å². The molecule has 4 heteroatoms. The molecule has 0 amide bonds. The lowest BCUT2D eigenvalue weighted by atomic mass is 9.93. The van der Waals surface area contributed by atoms with Crippen molar-refractivity contribution >= 4 is 11.3 Å².